The van der Waals surface area contributed by atoms with Gasteiger partial charge in [-0.15, -0.1) is 11.3 Å². The molecule has 0 aromatic carbocycles. The first-order valence-electron chi connectivity index (χ1n) is 8.38. The maximum absolute atomic E-state index is 12.1. The van der Waals surface area contributed by atoms with Gasteiger partial charge in [0.2, 0.25) is 5.91 Å². The van der Waals surface area contributed by atoms with Crippen LogP contribution in [-0.4, -0.2) is 42.0 Å². The number of carbonyl (C=O) groups excluding carboxylic acids is 1. The summed E-state index contributed by atoms with van der Waals surface area (Å²) in [7, 11) is 0. The summed E-state index contributed by atoms with van der Waals surface area (Å²) in [6.45, 7) is 6.06. The highest BCUT2D eigenvalue weighted by molar-refractivity contribution is 7.11. The van der Waals surface area contributed by atoms with E-state index in [1.807, 2.05) is 18.2 Å². The van der Waals surface area contributed by atoms with Crippen molar-refractivity contribution < 1.29 is 4.79 Å². The van der Waals surface area contributed by atoms with Crippen molar-refractivity contribution in [2.75, 3.05) is 31.5 Å². The van der Waals surface area contributed by atoms with Crippen molar-refractivity contribution in [3.8, 4) is 0 Å². The lowest BCUT2D eigenvalue weighted by molar-refractivity contribution is -0.122. The average Bonchev–Trinajstić information content (AvgIpc) is 3.21. The fourth-order valence-corrected chi connectivity index (χ4v) is 3.79. The molecule has 2 N–H and O–H groups in total. The van der Waals surface area contributed by atoms with Crippen LogP contribution in [0, 0.1) is 12.8 Å². The van der Waals surface area contributed by atoms with Crippen LogP contribution in [0.2, 0.25) is 0 Å². The topological polar surface area (TPSA) is 57.3 Å². The zero-order valence-corrected chi connectivity index (χ0v) is 14.8. The Hall–Kier alpha value is -1.92. The second-order valence-corrected chi connectivity index (χ2v) is 7.65. The number of rotatable bonds is 7. The smallest absolute Gasteiger partial charge is 0.234 e. The Morgan fingerprint density at radius 2 is 2.29 bits per heavy atom. The Labute approximate surface area is 147 Å². The van der Waals surface area contributed by atoms with Gasteiger partial charge in [0.15, 0.2) is 0 Å². The largest absolute Gasteiger partial charge is 0.370 e. The minimum Gasteiger partial charge on any atom is -0.370 e. The molecular formula is C18H24N4OS. The molecule has 6 heteroatoms. The highest BCUT2D eigenvalue weighted by Crippen LogP contribution is 2.17. The lowest BCUT2D eigenvalue weighted by Crippen LogP contribution is -2.36. The third-order valence-corrected chi connectivity index (χ3v) is 5.23. The first kappa shape index (κ1) is 16.9. The summed E-state index contributed by atoms with van der Waals surface area (Å²) >= 11 is 1.73. The molecule has 3 heterocycles. The fourth-order valence-electron chi connectivity index (χ4n) is 2.96. The average molecular weight is 344 g/mol. The van der Waals surface area contributed by atoms with Gasteiger partial charge in [0, 0.05) is 29.0 Å². The zero-order chi connectivity index (χ0) is 16.8. The number of pyridine rings is 1. The highest BCUT2D eigenvalue weighted by atomic mass is 32.1. The van der Waals surface area contributed by atoms with E-state index in [9.17, 15) is 4.79 Å². The monoisotopic (exact) mass is 344 g/mol. The lowest BCUT2D eigenvalue weighted by atomic mass is 10.1. The second kappa shape index (κ2) is 8.26. The molecule has 1 unspecified atom stereocenters. The van der Waals surface area contributed by atoms with Crippen LogP contribution in [-0.2, 0) is 11.3 Å². The Morgan fingerprint density at radius 1 is 1.38 bits per heavy atom. The third-order valence-electron chi connectivity index (χ3n) is 4.23. The number of carbonyl (C=O) groups is 1. The number of thiophene rings is 1. The molecule has 0 aliphatic carbocycles. The number of nitrogens with one attached hydrogen (secondary N) is 2. The molecule has 1 saturated heterocycles. The third kappa shape index (κ3) is 5.04. The van der Waals surface area contributed by atoms with E-state index in [2.05, 4.69) is 39.6 Å². The standard InChI is InChI=1S/C18H24N4OS/c1-14-5-6-16(24-14)11-21-18(23)13-22-9-7-15(12-22)10-20-17-4-2-3-8-19-17/h2-6,8,15H,7,9-13H2,1H3,(H,19,20)(H,21,23). The van der Waals surface area contributed by atoms with Crippen molar-refractivity contribution >= 4 is 23.1 Å². The first-order chi connectivity index (χ1) is 11.7. The molecule has 2 aromatic heterocycles. The number of hydrogen-bond donors (Lipinski definition) is 2. The summed E-state index contributed by atoms with van der Waals surface area (Å²) in [5.41, 5.74) is 0. The van der Waals surface area contributed by atoms with E-state index in [4.69, 9.17) is 0 Å². The van der Waals surface area contributed by atoms with Crippen molar-refractivity contribution in [2.24, 2.45) is 5.92 Å². The number of nitrogens with zero attached hydrogens (tertiary/aromatic N) is 2. The molecule has 1 fully saturated rings. The zero-order valence-electron chi connectivity index (χ0n) is 14.0. The van der Waals surface area contributed by atoms with Crippen LogP contribution in [0.25, 0.3) is 0 Å². The van der Waals surface area contributed by atoms with Crippen LogP contribution in [0.5, 0.6) is 0 Å². The van der Waals surface area contributed by atoms with Crippen LogP contribution < -0.4 is 10.6 Å². The van der Waals surface area contributed by atoms with Crippen LogP contribution in [0.4, 0.5) is 5.82 Å². The van der Waals surface area contributed by atoms with Gasteiger partial charge in [-0.2, -0.15) is 0 Å². The molecule has 1 aliphatic heterocycles. The number of anilines is 1. The molecule has 0 spiro atoms. The molecular weight excluding hydrogens is 320 g/mol. The molecule has 2 aromatic rings. The predicted molar refractivity (Wildman–Crippen MR) is 98.2 cm³/mol. The summed E-state index contributed by atoms with van der Waals surface area (Å²) in [5.74, 6) is 1.60. The second-order valence-electron chi connectivity index (χ2n) is 6.27. The summed E-state index contributed by atoms with van der Waals surface area (Å²) in [4.78, 5) is 21.1. The van der Waals surface area contributed by atoms with Gasteiger partial charge in [-0.3, -0.25) is 9.69 Å². The molecule has 1 amide bonds. The Balaban J connectivity index is 1.35. The van der Waals surface area contributed by atoms with E-state index in [1.54, 1.807) is 17.5 Å². The van der Waals surface area contributed by atoms with Gasteiger partial charge in [0.25, 0.3) is 0 Å². The van der Waals surface area contributed by atoms with E-state index in [0.29, 0.717) is 19.0 Å². The van der Waals surface area contributed by atoms with Crippen molar-refractivity contribution in [3.05, 3.63) is 46.3 Å². The summed E-state index contributed by atoms with van der Waals surface area (Å²) in [6, 6.07) is 10.0. The maximum Gasteiger partial charge on any atom is 0.234 e. The molecule has 1 aliphatic rings. The van der Waals surface area contributed by atoms with E-state index in [0.717, 1.165) is 31.9 Å². The molecule has 128 valence electrons. The number of likely N-dealkylation sites (tertiary alicyclic amines) is 1. The first-order valence-corrected chi connectivity index (χ1v) is 9.20. The molecule has 0 radical (unpaired) electrons. The van der Waals surface area contributed by atoms with E-state index >= 15 is 0 Å². The van der Waals surface area contributed by atoms with Crippen molar-refractivity contribution in [1.29, 1.82) is 0 Å². The highest BCUT2D eigenvalue weighted by Gasteiger charge is 2.23. The van der Waals surface area contributed by atoms with Gasteiger partial charge in [-0.05, 0) is 50.1 Å². The quantitative estimate of drug-likeness (QED) is 0.810. The lowest BCUT2D eigenvalue weighted by Gasteiger charge is -2.16. The van der Waals surface area contributed by atoms with Crippen LogP contribution >= 0.6 is 11.3 Å². The van der Waals surface area contributed by atoms with E-state index < -0.39 is 0 Å². The van der Waals surface area contributed by atoms with Gasteiger partial charge >= 0.3 is 0 Å². The normalized spacial score (nSPS) is 17.8. The molecule has 1 atom stereocenters. The van der Waals surface area contributed by atoms with Crippen LogP contribution in [0.1, 0.15) is 16.2 Å². The summed E-state index contributed by atoms with van der Waals surface area (Å²) in [5, 5.41) is 6.39. The molecule has 0 saturated carbocycles. The fraction of sp³-hybridized carbons (Fsp3) is 0.444. The number of amides is 1. The SMILES string of the molecule is Cc1ccc(CNC(=O)CN2CCC(CNc3ccccn3)C2)s1. The van der Waals surface area contributed by atoms with Crippen LogP contribution in [0.3, 0.4) is 0 Å². The van der Waals surface area contributed by atoms with Gasteiger partial charge in [-0.1, -0.05) is 6.07 Å². The Kier molecular flexibility index (Phi) is 5.82. The maximum atomic E-state index is 12.1. The van der Waals surface area contributed by atoms with Crippen molar-refractivity contribution in [3.63, 3.8) is 0 Å². The van der Waals surface area contributed by atoms with E-state index in [1.165, 1.54) is 9.75 Å². The van der Waals surface area contributed by atoms with Crippen molar-refractivity contribution in [2.45, 2.75) is 19.9 Å². The summed E-state index contributed by atoms with van der Waals surface area (Å²) < 4.78 is 0. The molecule has 0 bridgehead atoms. The Bertz CT molecular complexity index is 658. The minimum absolute atomic E-state index is 0.111. The number of aryl methyl sites for hydroxylation is 1. The van der Waals surface area contributed by atoms with Gasteiger partial charge in [-0.25, -0.2) is 4.98 Å². The molecule has 24 heavy (non-hydrogen) atoms. The van der Waals surface area contributed by atoms with Gasteiger partial charge in [0.1, 0.15) is 5.82 Å². The van der Waals surface area contributed by atoms with Crippen LogP contribution in [0.15, 0.2) is 36.5 Å². The summed E-state index contributed by atoms with van der Waals surface area (Å²) in [6.07, 6.45) is 2.92. The van der Waals surface area contributed by atoms with Gasteiger partial charge < -0.3 is 10.6 Å². The molecule has 5 nitrogen and oxygen atoms in total. The minimum atomic E-state index is 0.111. The van der Waals surface area contributed by atoms with Gasteiger partial charge in [0.05, 0.1) is 13.1 Å². The number of hydrogen-bond acceptors (Lipinski definition) is 5. The Morgan fingerprint density at radius 3 is 3.04 bits per heavy atom. The van der Waals surface area contributed by atoms with E-state index in [-0.39, 0.29) is 5.91 Å². The number of aromatic nitrogens is 1. The predicted octanol–water partition coefficient (Wildman–Crippen LogP) is 2.50. The van der Waals surface area contributed by atoms with Crippen molar-refractivity contribution in [1.82, 2.24) is 15.2 Å². The molecule has 3 rings (SSSR count).